The minimum atomic E-state index is -1.05. The van der Waals surface area contributed by atoms with Crippen LogP contribution < -0.4 is 5.32 Å². The summed E-state index contributed by atoms with van der Waals surface area (Å²) in [7, 11) is 0. The Labute approximate surface area is 114 Å². The number of carbonyl (C=O) groups is 2. The van der Waals surface area contributed by atoms with E-state index in [0.29, 0.717) is 11.6 Å². The SMILES string of the molecule is O=C(O)CNC(=O)CCn1ccc2ccc(Cl)cc21. The second-order valence-electron chi connectivity index (χ2n) is 4.13. The predicted molar refractivity (Wildman–Crippen MR) is 72.2 cm³/mol. The lowest BCUT2D eigenvalue weighted by Gasteiger charge is -2.06. The van der Waals surface area contributed by atoms with Crippen LogP contribution in [0.3, 0.4) is 0 Å². The summed E-state index contributed by atoms with van der Waals surface area (Å²) >= 11 is 5.94. The second kappa shape index (κ2) is 5.75. The van der Waals surface area contributed by atoms with E-state index in [2.05, 4.69) is 5.32 Å². The number of rotatable bonds is 5. The van der Waals surface area contributed by atoms with Crippen molar-refractivity contribution >= 4 is 34.4 Å². The van der Waals surface area contributed by atoms with Crippen molar-refractivity contribution in [1.82, 2.24) is 9.88 Å². The molecule has 0 aliphatic rings. The molecule has 1 amide bonds. The average Bonchev–Trinajstić information content (AvgIpc) is 2.76. The van der Waals surface area contributed by atoms with E-state index in [1.807, 2.05) is 35.0 Å². The minimum absolute atomic E-state index is 0.226. The number of hydrogen-bond acceptors (Lipinski definition) is 2. The number of aryl methyl sites for hydroxylation is 1. The summed E-state index contributed by atoms with van der Waals surface area (Å²) in [4.78, 5) is 21.7. The van der Waals surface area contributed by atoms with Crippen LogP contribution in [-0.2, 0) is 16.1 Å². The quantitative estimate of drug-likeness (QED) is 0.878. The summed E-state index contributed by atoms with van der Waals surface area (Å²) in [6.45, 7) is 0.131. The molecule has 0 fully saturated rings. The van der Waals surface area contributed by atoms with Crippen LogP contribution in [0.15, 0.2) is 30.5 Å². The smallest absolute Gasteiger partial charge is 0.322 e. The fraction of sp³-hybridized carbons (Fsp3) is 0.231. The highest BCUT2D eigenvalue weighted by Crippen LogP contribution is 2.20. The Kier molecular flexibility index (Phi) is 4.06. The fourth-order valence-corrected chi connectivity index (χ4v) is 2.00. The third-order valence-electron chi connectivity index (χ3n) is 2.75. The highest BCUT2D eigenvalue weighted by atomic mass is 35.5. The minimum Gasteiger partial charge on any atom is -0.480 e. The fourth-order valence-electron chi connectivity index (χ4n) is 1.84. The van der Waals surface area contributed by atoms with Gasteiger partial charge < -0.3 is 15.0 Å². The van der Waals surface area contributed by atoms with Gasteiger partial charge in [0.05, 0.1) is 0 Å². The molecule has 5 nitrogen and oxygen atoms in total. The molecular weight excluding hydrogens is 268 g/mol. The molecule has 0 aliphatic carbocycles. The maximum Gasteiger partial charge on any atom is 0.322 e. The molecule has 0 unspecified atom stereocenters. The third-order valence-corrected chi connectivity index (χ3v) is 2.99. The van der Waals surface area contributed by atoms with Crippen molar-refractivity contribution in [2.45, 2.75) is 13.0 Å². The highest BCUT2D eigenvalue weighted by Gasteiger charge is 2.06. The van der Waals surface area contributed by atoms with Crippen LogP contribution in [0.1, 0.15) is 6.42 Å². The number of fused-ring (bicyclic) bond motifs is 1. The summed E-state index contributed by atoms with van der Waals surface area (Å²) in [5.41, 5.74) is 0.957. The zero-order valence-corrected chi connectivity index (χ0v) is 10.9. The van der Waals surface area contributed by atoms with Crippen LogP contribution >= 0.6 is 11.6 Å². The Bertz CT molecular complexity index is 621. The number of carbonyl (C=O) groups excluding carboxylic acids is 1. The molecule has 2 rings (SSSR count). The number of aliphatic carboxylic acids is 1. The number of aromatic nitrogens is 1. The van der Waals surface area contributed by atoms with E-state index in [1.54, 1.807) is 0 Å². The van der Waals surface area contributed by atoms with Crippen LogP contribution in [0, 0.1) is 0 Å². The Morgan fingerprint density at radius 1 is 1.32 bits per heavy atom. The van der Waals surface area contributed by atoms with Crippen LogP contribution in [-0.4, -0.2) is 28.1 Å². The number of halogens is 1. The molecule has 100 valence electrons. The van der Waals surface area contributed by atoms with Gasteiger partial charge in [-0.05, 0) is 23.6 Å². The summed E-state index contributed by atoms with van der Waals surface area (Å²) in [5.74, 6) is -1.34. The first-order valence-corrected chi connectivity index (χ1v) is 6.17. The molecule has 0 saturated carbocycles. The van der Waals surface area contributed by atoms with Gasteiger partial charge in [-0.1, -0.05) is 17.7 Å². The lowest BCUT2D eigenvalue weighted by molar-refractivity contribution is -0.137. The van der Waals surface area contributed by atoms with Crippen LogP contribution in [0.25, 0.3) is 10.9 Å². The summed E-state index contributed by atoms with van der Waals surface area (Å²) in [6, 6.07) is 7.51. The highest BCUT2D eigenvalue weighted by molar-refractivity contribution is 6.31. The number of carboxylic acids is 1. The molecule has 0 radical (unpaired) electrons. The van der Waals surface area contributed by atoms with Gasteiger partial charge in [0, 0.05) is 29.7 Å². The normalized spacial score (nSPS) is 10.6. The number of benzene rings is 1. The zero-order chi connectivity index (χ0) is 13.8. The first-order valence-electron chi connectivity index (χ1n) is 5.79. The molecule has 2 N–H and O–H groups in total. The molecule has 0 spiro atoms. The lowest BCUT2D eigenvalue weighted by atomic mass is 10.2. The monoisotopic (exact) mass is 280 g/mol. The molecule has 0 saturated heterocycles. The van der Waals surface area contributed by atoms with Crippen molar-refractivity contribution < 1.29 is 14.7 Å². The van der Waals surface area contributed by atoms with Gasteiger partial charge in [-0.3, -0.25) is 9.59 Å². The Balaban J connectivity index is 2.00. The van der Waals surface area contributed by atoms with E-state index in [4.69, 9.17) is 16.7 Å². The maximum absolute atomic E-state index is 11.4. The largest absolute Gasteiger partial charge is 0.480 e. The first-order chi connectivity index (χ1) is 9.06. The van der Waals surface area contributed by atoms with Gasteiger partial charge in [-0.2, -0.15) is 0 Å². The Morgan fingerprint density at radius 3 is 2.84 bits per heavy atom. The second-order valence-corrected chi connectivity index (χ2v) is 4.57. The molecule has 0 aliphatic heterocycles. The van der Waals surface area contributed by atoms with Crippen molar-refractivity contribution in [2.75, 3.05) is 6.54 Å². The number of nitrogens with one attached hydrogen (secondary N) is 1. The van der Waals surface area contributed by atoms with Crippen molar-refractivity contribution in [3.63, 3.8) is 0 Å². The summed E-state index contributed by atoms with van der Waals surface area (Å²) in [5, 5.41) is 12.5. The standard InChI is InChI=1S/C13H13ClN2O3/c14-10-2-1-9-3-5-16(11(9)7-10)6-4-12(17)15-8-13(18)19/h1-3,5,7H,4,6,8H2,(H,15,17)(H,18,19). The summed E-state index contributed by atoms with van der Waals surface area (Å²) < 4.78 is 1.92. The zero-order valence-electron chi connectivity index (χ0n) is 10.1. The molecule has 2 aromatic rings. The van der Waals surface area contributed by atoms with Gasteiger partial charge in [0.2, 0.25) is 5.91 Å². The van der Waals surface area contributed by atoms with Gasteiger partial charge >= 0.3 is 5.97 Å². The maximum atomic E-state index is 11.4. The van der Waals surface area contributed by atoms with E-state index in [-0.39, 0.29) is 18.9 Å². The van der Waals surface area contributed by atoms with E-state index >= 15 is 0 Å². The van der Waals surface area contributed by atoms with E-state index in [0.717, 1.165) is 10.9 Å². The van der Waals surface area contributed by atoms with E-state index < -0.39 is 5.97 Å². The van der Waals surface area contributed by atoms with Gasteiger partial charge in [0.25, 0.3) is 0 Å². The van der Waals surface area contributed by atoms with Crippen molar-refractivity contribution in [2.24, 2.45) is 0 Å². The third kappa shape index (κ3) is 3.48. The number of amides is 1. The van der Waals surface area contributed by atoms with Crippen molar-refractivity contribution in [1.29, 1.82) is 0 Å². The molecule has 1 aromatic heterocycles. The average molecular weight is 281 g/mol. The molecular formula is C13H13ClN2O3. The molecule has 0 bridgehead atoms. The van der Waals surface area contributed by atoms with Crippen LogP contribution in [0.5, 0.6) is 0 Å². The molecule has 19 heavy (non-hydrogen) atoms. The van der Waals surface area contributed by atoms with Crippen molar-refractivity contribution in [3.05, 3.63) is 35.5 Å². The molecule has 1 heterocycles. The molecule has 6 heteroatoms. The van der Waals surface area contributed by atoms with Crippen molar-refractivity contribution in [3.8, 4) is 0 Å². The Hall–Kier alpha value is -2.01. The van der Waals surface area contributed by atoms with E-state index in [1.165, 1.54) is 0 Å². The molecule has 1 aromatic carbocycles. The molecule has 0 atom stereocenters. The van der Waals surface area contributed by atoms with Gasteiger partial charge in [-0.15, -0.1) is 0 Å². The topological polar surface area (TPSA) is 71.3 Å². The van der Waals surface area contributed by atoms with Gasteiger partial charge in [-0.25, -0.2) is 0 Å². The lowest BCUT2D eigenvalue weighted by Crippen LogP contribution is -2.29. The van der Waals surface area contributed by atoms with E-state index in [9.17, 15) is 9.59 Å². The number of nitrogens with zero attached hydrogens (tertiary/aromatic N) is 1. The predicted octanol–water partition coefficient (Wildman–Crippen LogP) is 1.89. The number of hydrogen-bond donors (Lipinski definition) is 2. The van der Waals surface area contributed by atoms with Crippen LogP contribution in [0.4, 0.5) is 0 Å². The number of carboxylic acid groups (broad SMARTS) is 1. The van der Waals surface area contributed by atoms with Gasteiger partial charge in [0.15, 0.2) is 0 Å². The first kappa shape index (κ1) is 13.4. The van der Waals surface area contributed by atoms with Crippen LogP contribution in [0.2, 0.25) is 5.02 Å². The summed E-state index contributed by atoms with van der Waals surface area (Å²) in [6.07, 6.45) is 2.11. The van der Waals surface area contributed by atoms with Gasteiger partial charge in [0.1, 0.15) is 6.54 Å². The Morgan fingerprint density at radius 2 is 2.11 bits per heavy atom.